The molecule has 2 aliphatic heterocycles. The van der Waals surface area contributed by atoms with Crippen LogP contribution in [-0.4, -0.2) is 49.6 Å². The Balaban J connectivity index is 1.98. The second kappa shape index (κ2) is 6.36. The summed E-state index contributed by atoms with van der Waals surface area (Å²) in [5, 5.41) is 6.27. The molecule has 0 aromatic heterocycles. The zero-order chi connectivity index (χ0) is 12.1. The van der Waals surface area contributed by atoms with Crippen LogP contribution >= 0.6 is 0 Å². The van der Waals surface area contributed by atoms with Crippen LogP contribution in [0.15, 0.2) is 0 Å². The number of likely N-dealkylation sites (N-methyl/N-ethyl adjacent to an activating group) is 1. The van der Waals surface area contributed by atoms with Crippen molar-refractivity contribution >= 4 is 5.91 Å². The first kappa shape index (κ1) is 12.8. The topological polar surface area (TPSA) is 44.4 Å². The number of likely N-dealkylation sites (tertiary alicyclic amines) is 1. The molecule has 0 saturated carbocycles. The Morgan fingerprint density at radius 3 is 3.06 bits per heavy atom. The first-order valence-electron chi connectivity index (χ1n) is 6.98. The minimum Gasteiger partial charge on any atom is -0.356 e. The monoisotopic (exact) mass is 239 g/mol. The summed E-state index contributed by atoms with van der Waals surface area (Å²) < 4.78 is 0. The number of amides is 1. The lowest BCUT2D eigenvalue weighted by atomic mass is 9.96. The van der Waals surface area contributed by atoms with Gasteiger partial charge in [-0.3, -0.25) is 9.69 Å². The number of rotatable bonds is 3. The molecule has 2 atom stereocenters. The standard InChI is InChI=1S/C13H25N3O/c1-14-10-12-5-2-3-8-16(12)11-6-4-7-15-13(17)9-11/h11-12,14H,2-10H2,1H3,(H,15,17). The van der Waals surface area contributed by atoms with Crippen LogP contribution in [-0.2, 0) is 4.79 Å². The number of nitrogens with zero attached hydrogens (tertiary/aromatic N) is 1. The average molecular weight is 239 g/mol. The summed E-state index contributed by atoms with van der Waals surface area (Å²) in [6.45, 7) is 3.09. The lowest BCUT2D eigenvalue weighted by Crippen LogP contribution is -2.50. The van der Waals surface area contributed by atoms with Crippen LogP contribution in [0.3, 0.4) is 0 Å². The number of hydrogen-bond acceptors (Lipinski definition) is 3. The molecule has 17 heavy (non-hydrogen) atoms. The van der Waals surface area contributed by atoms with Gasteiger partial charge in [0.1, 0.15) is 0 Å². The van der Waals surface area contributed by atoms with Crippen LogP contribution in [0.1, 0.15) is 38.5 Å². The fraction of sp³-hybridized carbons (Fsp3) is 0.923. The van der Waals surface area contributed by atoms with Gasteiger partial charge in [-0.05, 0) is 39.3 Å². The molecule has 0 aliphatic carbocycles. The maximum atomic E-state index is 11.6. The molecule has 2 heterocycles. The molecule has 2 rings (SSSR count). The van der Waals surface area contributed by atoms with E-state index in [9.17, 15) is 4.79 Å². The second-order valence-corrected chi connectivity index (χ2v) is 5.30. The van der Waals surface area contributed by atoms with Crippen molar-refractivity contribution in [2.24, 2.45) is 0 Å². The third kappa shape index (κ3) is 3.42. The highest BCUT2D eigenvalue weighted by Gasteiger charge is 2.30. The van der Waals surface area contributed by atoms with Gasteiger partial charge in [-0.1, -0.05) is 6.42 Å². The van der Waals surface area contributed by atoms with Gasteiger partial charge in [0, 0.05) is 31.6 Å². The zero-order valence-electron chi connectivity index (χ0n) is 10.9. The van der Waals surface area contributed by atoms with E-state index in [2.05, 4.69) is 15.5 Å². The van der Waals surface area contributed by atoms with Crippen molar-refractivity contribution < 1.29 is 4.79 Å². The van der Waals surface area contributed by atoms with Gasteiger partial charge in [-0.25, -0.2) is 0 Å². The van der Waals surface area contributed by atoms with E-state index in [0.29, 0.717) is 18.5 Å². The Morgan fingerprint density at radius 1 is 1.35 bits per heavy atom. The Hall–Kier alpha value is -0.610. The van der Waals surface area contributed by atoms with E-state index in [0.717, 1.165) is 19.5 Å². The minimum atomic E-state index is 0.237. The van der Waals surface area contributed by atoms with Gasteiger partial charge in [0.05, 0.1) is 0 Å². The quantitative estimate of drug-likeness (QED) is 0.763. The first-order valence-corrected chi connectivity index (χ1v) is 6.98. The van der Waals surface area contributed by atoms with Crippen molar-refractivity contribution in [2.45, 2.75) is 50.6 Å². The fourth-order valence-corrected chi connectivity index (χ4v) is 3.20. The van der Waals surface area contributed by atoms with E-state index >= 15 is 0 Å². The predicted octanol–water partition coefficient (Wildman–Crippen LogP) is 0.729. The summed E-state index contributed by atoms with van der Waals surface area (Å²) in [5.41, 5.74) is 0. The van der Waals surface area contributed by atoms with Crippen molar-refractivity contribution in [1.82, 2.24) is 15.5 Å². The van der Waals surface area contributed by atoms with Crippen molar-refractivity contribution in [3.63, 3.8) is 0 Å². The van der Waals surface area contributed by atoms with Crippen molar-refractivity contribution in [2.75, 3.05) is 26.7 Å². The van der Waals surface area contributed by atoms with E-state index in [1.807, 2.05) is 7.05 Å². The smallest absolute Gasteiger partial charge is 0.221 e. The molecule has 0 bridgehead atoms. The van der Waals surface area contributed by atoms with Gasteiger partial charge in [-0.15, -0.1) is 0 Å². The van der Waals surface area contributed by atoms with E-state index < -0.39 is 0 Å². The normalized spacial score (nSPS) is 31.9. The molecule has 98 valence electrons. The molecule has 4 nitrogen and oxygen atoms in total. The number of piperidine rings is 1. The molecule has 2 fully saturated rings. The molecular weight excluding hydrogens is 214 g/mol. The summed E-state index contributed by atoms with van der Waals surface area (Å²) >= 11 is 0. The van der Waals surface area contributed by atoms with Gasteiger partial charge in [0.15, 0.2) is 0 Å². The lowest BCUT2D eigenvalue weighted by Gasteiger charge is -2.40. The zero-order valence-corrected chi connectivity index (χ0v) is 10.9. The molecule has 0 aromatic carbocycles. The highest BCUT2D eigenvalue weighted by Crippen LogP contribution is 2.24. The van der Waals surface area contributed by atoms with Crippen molar-refractivity contribution in [1.29, 1.82) is 0 Å². The second-order valence-electron chi connectivity index (χ2n) is 5.30. The Kier molecular flexibility index (Phi) is 4.80. The van der Waals surface area contributed by atoms with Crippen LogP contribution in [0.5, 0.6) is 0 Å². The highest BCUT2D eigenvalue weighted by atomic mass is 16.1. The molecule has 1 amide bonds. The predicted molar refractivity (Wildman–Crippen MR) is 68.9 cm³/mol. The maximum Gasteiger partial charge on any atom is 0.221 e. The molecule has 2 N–H and O–H groups in total. The van der Waals surface area contributed by atoms with E-state index in [-0.39, 0.29) is 5.91 Å². The molecule has 0 radical (unpaired) electrons. The third-order valence-electron chi connectivity index (χ3n) is 4.04. The molecule has 2 aliphatic rings. The Labute approximate surface area is 104 Å². The van der Waals surface area contributed by atoms with Gasteiger partial charge >= 0.3 is 0 Å². The lowest BCUT2D eigenvalue weighted by molar-refractivity contribution is -0.122. The SMILES string of the molecule is CNCC1CCCCN1C1CCCNC(=O)C1. The maximum absolute atomic E-state index is 11.6. The molecule has 0 aromatic rings. The van der Waals surface area contributed by atoms with Crippen molar-refractivity contribution in [3.05, 3.63) is 0 Å². The number of hydrogen-bond donors (Lipinski definition) is 2. The Bertz CT molecular complexity index is 255. The van der Waals surface area contributed by atoms with Crippen LogP contribution in [0, 0.1) is 0 Å². The van der Waals surface area contributed by atoms with Gasteiger partial charge in [0.2, 0.25) is 5.91 Å². The molecule has 0 spiro atoms. The van der Waals surface area contributed by atoms with Gasteiger partial charge < -0.3 is 10.6 Å². The Morgan fingerprint density at radius 2 is 2.24 bits per heavy atom. The van der Waals surface area contributed by atoms with E-state index in [1.165, 1.54) is 32.2 Å². The van der Waals surface area contributed by atoms with Crippen molar-refractivity contribution in [3.8, 4) is 0 Å². The average Bonchev–Trinajstić information content (AvgIpc) is 2.55. The van der Waals surface area contributed by atoms with Crippen LogP contribution in [0.25, 0.3) is 0 Å². The van der Waals surface area contributed by atoms with E-state index in [1.54, 1.807) is 0 Å². The molecule has 4 heteroatoms. The van der Waals surface area contributed by atoms with Crippen LogP contribution < -0.4 is 10.6 Å². The molecule has 2 unspecified atom stereocenters. The first-order chi connectivity index (χ1) is 8.31. The largest absolute Gasteiger partial charge is 0.356 e. The number of carbonyl (C=O) groups excluding carboxylic acids is 1. The highest BCUT2D eigenvalue weighted by molar-refractivity contribution is 5.76. The summed E-state index contributed by atoms with van der Waals surface area (Å²) in [4.78, 5) is 14.2. The summed E-state index contributed by atoms with van der Waals surface area (Å²) in [6.07, 6.45) is 6.89. The number of nitrogens with one attached hydrogen (secondary N) is 2. The summed E-state index contributed by atoms with van der Waals surface area (Å²) in [5.74, 6) is 0.237. The van der Waals surface area contributed by atoms with Gasteiger partial charge in [0.25, 0.3) is 0 Å². The fourth-order valence-electron chi connectivity index (χ4n) is 3.20. The third-order valence-corrected chi connectivity index (χ3v) is 4.04. The molecule has 2 saturated heterocycles. The van der Waals surface area contributed by atoms with Gasteiger partial charge in [-0.2, -0.15) is 0 Å². The van der Waals surface area contributed by atoms with Crippen LogP contribution in [0.2, 0.25) is 0 Å². The van der Waals surface area contributed by atoms with Crippen LogP contribution in [0.4, 0.5) is 0 Å². The minimum absolute atomic E-state index is 0.237. The summed E-state index contributed by atoms with van der Waals surface area (Å²) in [7, 11) is 2.02. The molecular formula is C13H25N3O. The number of carbonyl (C=O) groups is 1. The summed E-state index contributed by atoms with van der Waals surface area (Å²) in [6, 6.07) is 1.10. The van der Waals surface area contributed by atoms with E-state index in [4.69, 9.17) is 0 Å².